The molecule has 0 saturated carbocycles. The Bertz CT molecular complexity index is 460. The highest BCUT2D eigenvalue weighted by Gasteiger charge is 2.09. The number of carbonyl (C=O) groups is 1. The summed E-state index contributed by atoms with van der Waals surface area (Å²) in [6.07, 6.45) is 1.31. The number of carbonyl (C=O) groups excluding carboxylic acids is 1. The van der Waals surface area contributed by atoms with Crippen molar-refractivity contribution in [1.82, 2.24) is 0 Å². The molecular formula is C9H8BrN3O3. The van der Waals surface area contributed by atoms with Crippen LogP contribution < -0.4 is 0 Å². The minimum atomic E-state index is -0.687. The maximum Gasteiger partial charge on any atom is 0.340 e. The number of halogens is 1. The van der Waals surface area contributed by atoms with Crippen molar-refractivity contribution in [3.63, 3.8) is 0 Å². The number of esters is 1. The van der Waals surface area contributed by atoms with Crippen molar-refractivity contribution < 1.29 is 13.9 Å². The molecule has 0 N–H and O–H groups in total. The molecule has 1 aromatic heterocycles. The third kappa shape index (κ3) is 3.45. The van der Waals surface area contributed by atoms with E-state index in [0.717, 1.165) is 0 Å². The average molecular weight is 286 g/mol. The van der Waals surface area contributed by atoms with Gasteiger partial charge >= 0.3 is 5.97 Å². The van der Waals surface area contributed by atoms with E-state index in [9.17, 15) is 4.79 Å². The third-order valence-electron chi connectivity index (χ3n) is 1.51. The van der Waals surface area contributed by atoms with Gasteiger partial charge in [0.05, 0.1) is 6.61 Å². The van der Waals surface area contributed by atoms with Gasteiger partial charge in [-0.1, -0.05) is 5.11 Å². The molecule has 0 bridgehead atoms. The summed E-state index contributed by atoms with van der Waals surface area (Å²) < 4.78 is 10.4. The van der Waals surface area contributed by atoms with Crippen LogP contribution >= 0.6 is 15.9 Å². The van der Waals surface area contributed by atoms with Crippen molar-refractivity contribution in [2.75, 3.05) is 6.61 Å². The number of azide groups is 1. The molecule has 1 heterocycles. The Labute approximate surface area is 99.6 Å². The number of nitrogens with zero attached hydrogens (tertiary/aromatic N) is 3. The van der Waals surface area contributed by atoms with Crippen molar-refractivity contribution >= 4 is 28.0 Å². The van der Waals surface area contributed by atoms with Gasteiger partial charge in [-0.2, -0.15) is 0 Å². The van der Waals surface area contributed by atoms with Crippen LogP contribution in [-0.2, 0) is 9.53 Å². The first-order chi connectivity index (χ1) is 7.67. The molecule has 0 unspecified atom stereocenters. The molecule has 84 valence electrons. The van der Waals surface area contributed by atoms with Crippen LogP contribution in [0.25, 0.3) is 16.5 Å². The van der Waals surface area contributed by atoms with Gasteiger partial charge < -0.3 is 9.15 Å². The zero-order valence-corrected chi connectivity index (χ0v) is 9.97. The van der Waals surface area contributed by atoms with Crippen molar-refractivity contribution in [3.8, 4) is 0 Å². The minimum Gasteiger partial charge on any atom is -0.462 e. The monoisotopic (exact) mass is 285 g/mol. The second kappa shape index (κ2) is 5.99. The van der Waals surface area contributed by atoms with Crippen LogP contribution in [-0.4, -0.2) is 12.6 Å². The Morgan fingerprint density at radius 1 is 1.75 bits per heavy atom. The fourth-order valence-corrected chi connectivity index (χ4v) is 1.24. The SMILES string of the molecule is CCOC(=O)/C(=C/c1ccc(Br)o1)N=[N+]=[N-]. The Morgan fingerprint density at radius 3 is 3.00 bits per heavy atom. The zero-order valence-electron chi connectivity index (χ0n) is 8.38. The molecule has 0 atom stereocenters. The van der Waals surface area contributed by atoms with Gasteiger partial charge in [0, 0.05) is 4.91 Å². The summed E-state index contributed by atoms with van der Waals surface area (Å²) >= 11 is 3.11. The van der Waals surface area contributed by atoms with Crippen LogP contribution in [0.2, 0.25) is 0 Å². The van der Waals surface area contributed by atoms with Gasteiger partial charge in [-0.15, -0.1) is 0 Å². The second-order valence-electron chi connectivity index (χ2n) is 2.58. The predicted molar refractivity (Wildman–Crippen MR) is 60.2 cm³/mol. The number of rotatable bonds is 4. The predicted octanol–water partition coefficient (Wildman–Crippen LogP) is 3.26. The Morgan fingerprint density at radius 2 is 2.50 bits per heavy atom. The lowest BCUT2D eigenvalue weighted by Gasteiger charge is -1.99. The summed E-state index contributed by atoms with van der Waals surface area (Å²) in [6.45, 7) is 1.87. The summed E-state index contributed by atoms with van der Waals surface area (Å²) in [7, 11) is 0. The first kappa shape index (κ1) is 12.4. The highest BCUT2D eigenvalue weighted by molar-refractivity contribution is 9.10. The maximum absolute atomic E-state index is 11.3. The lowest BCUT2D eigenvalue weighted by molar-refractivity contribution is -0.138. The molecule has 0 saturated heterocycles. The lowest BCUT2D eigenvalue weighted by Crippen LogP contribution is -2.05. The Balaban J connectivity index is 2.97. The molecule has 16 heavy (non-hydrogen) atoms. The van der Waals surface area contributed by atoms with Crippen LogP contribution in [0.5, 0.6) is 0 Å². The number of furan rings is 1. The van der Waals surface area contributed by atoms with E-state index in [0.29, 0.717) is 10.4 Å². The van der Waals surface area contributed by atoms with Crippen LogP contribution in [0.1, 0.15) is 12.7 Å². The summed E-state index contributed by atoms with van der Waals surface area (Å²) in [5.74, 6) is -0.296. The summed E-state index contributed by atoms with van der Waals surface area (Å²) in [5, 5.41) is 3.24. The molecule has 1 rings (SSSR count). The standard InChI is InChI=1S/C9H8BrN3O3/c1-2-15-9(14)7(12-13-11)5-6-3-4-8(10)16-6/h3-5H,2H2,1H3/b7-5-. The molecule has 0 aliphatic carbocycles. The smallest absolute Gasteiger partial charge is 0.340 e. The highest BCUT2D eigenvalue weighted by Crippen LogP contribution is 2.17. The third-order valence-corrected chi connectivity index (χ3v) is 1.94. The van der Waals surface area contributed by atoms with Crippen LogP contribution in [0.15, 0.2) is 32.0 Å². The van der Waals surface area contributed by atoms with Crippen LogP contribution in [0.4, 0.5) is 0 Å². The minimum absolute atomic E-state index is 0.147. The molecule has 0 amide bonds. The molecule has 0 fully saturated rings. The fourth-order valence-electron chi connectivity index (χ4n) is 0.922. The van der Waals surface area contributed by atoms with Crippen molar-refractivity contribution in [2.24, 2.45) is 5.11 Å². The summed E-state index contributed by atoms with van der Waals surface area (Å²) in [4.78, 5) is 13.9. The van der Waals surface area contributed by atoms with Gasteiger partial charge in [0.1, 0.15) is 11.5 Å². The largest absolute Gasteiger partial charge is 0.462 e. The highest BCUT2D eigenvalue weighted by atomic mass is 79.9. The molecule has 0 spiro atoms. The van der Waals surface area contributed by atoms with E-state index in [1.807, 2.05) is 0 Å². The van der Waals surface area contributed by atoms with E-state index in [-0.39, 0.29) is 12.3 Å². The first-order valence-electron chi connectivity index (χ1n) is 4.36. The Kier molecular flexibility index (Phi) is 4.63. The molecule has 7 heteroatoms. The molecule has 0 aliphatic rings. The zero-order chi connectivity index (χ0) is 12.0. The number of ether oxygens (including phenoxy) is 1. The van der Waals surface area contributed by atoms with Gasteiger partial charge in [0.25, 0.3) is 0 Å². The quantitative estimate of drug-likeness (QED) is 0.280. The van der Waals surface area contributed by atoms with E-state index >= 15 is 0 Å². The van der Waals surface area contributed by atoms with Crippen molar-refractivity contribution in [3.05, 3.63) is 38.7 Å². The van der Waals surface area contributed by atoms with Gasteiger partial charge in [-0.3, -0.25) is 0 Å². The topological polar surface area (TPSA) is 88.2 Å². The average Bonchev–Trinajstić information content (AvgIpc) is 2.64. The lowest BCUT2D eigenvalue weighted by atomic mass is 10.3. The van der Waals surface area contributed by atoms with Crippen molar-refractivity contribution in [2.45, 2.75) is 6.92 Å². The number of hydrogen-bond donors (Lipinski definition) is 0. The van der Waals surface area contributed by atoms with E-state index in [1.165, 1.54) is 6.08 Å². The van der Waals surface area contributed by atoms with E-state index < -0.39 is 5.97 Å². The normalized spacial score (nSPS) is 10.8. The maximum atomic E-state index is 11.3. The van der Waals surface area contributed by atoms with Gasteiger partial charge in [-0.25, -0.2) is 4.79 Å². The van der Waals surface area contributed by atoms with Gasteiger partial charge in [0.2, 0.25) is 0 Å². The fraction of sp³-hybridized carbons (Fsp3) is 0.222. The van der Waals surface area contributed by atoms with Crippen molar-refractivity contribution in [1.29, 1.82) is 0 Å². The Hall–Kier alpha value is -1.72. The number of hydrogen-bond acceptors (Lipinski definition) is 4. The molecular weight excluding hydrogens is 278 g/mol. The van der Waals surface area contributed by atoms with Crippen LogP contribution in [0, 0.1) is 0 Å². The van der Waals surface area contributed by atoms with E-state index in [2.05, 4.69) is 26.0 Å². The summed E-state index contributed by atoms with van der Waals surface area (Å²) in [6, 6.07) is 3.28. The van der Waals surface area contributed by atoms with E-state index in [4.69, 9.17) is 14.7 Å². The molecule has 0 radical (unpaired) electrons. The van der Waals surface area contributed by atoms with Crippen LogP contribution in [0.3, 0.4) is 0 Å². The first-order valence-corrected chi connectivity index (χ1v) is 5.16. The summed E-state index contributed by atoms with van der Waals surface area (Å²) in [5.41, 5.74) is 8.16. The molecule has 0 aliphatic heterocycles. The molecule has 0 aromatic carbocycles. The van der Waals surface area contributed by atoms with Gasteiger partial charge in [-0.05, 0) is 46.6 Å². The molecule has 6 nitrogen and oxygen atoms in total. The molecule has 1 aromatic rings. The van der Waals surface area contributed by atoms with E-state index in [1.54, 1.807) is 19.1 Å². The second-order valence-corrected chi connectivity index (χ2v) is 3.36. The van der Waals surface area contributed by atoms with Gasteiger partial charge in [0.15, 0.2) is 4.67 Å².